The molecule has 0 fully saturated rings. The molecule has 2 rings (SSSR count). The molecule has 3 nitrogen and oxygen atoms in total. The van der Waals surface area contributed by atoms with Gasteiger partial charge < -0.3 is 5.11 Å². The highest BCUT2D eigenvalue weighted by molar-refractivity contribution is 7.05. The van der Waals surface area contributed by atoms with Gasteiger partial charge >= 0.3 is 0 Å². The Balaban J connectivity index is 2.41. The number of aryl methyl sites for hydroxylation is 1. The van der Waals surface area contributed by atoms with E-state index in [9.17, 15) is 9.50 Å². The summed E-state index contributed by atoms with van der Waals surface area (Å²) in [6.45, 7) is 1.74. The van der Waals surface area contributed by atoms with E-state index in [0.29, 0.717) is 10.6 Å². The molecule has 1 unspecified atom stereocenters. The third kappa shape index (κ3) is 1.88. The fourth-order valence-corrected chi connectivity index (χ4v) is 1.98. The molecule has 0 aliphatic heterocycles. The first-order valence-corrected chi connectivity index (χ1v) is 5.19. The van der Waals surface area contributed by atoms with Crippen LogP contribution >= 0.6 is 11.5 Å². The zero-order valence-electron chi connectivity index (χ0n) is 8.01. The summed E-state index contributed by atoms with van der Waals surface area (Å²) in [5.41, 5.74) is 0.891. The molecule has 0 saturated carbocycles. The van der Waals surface area contributed by atoms with Crippen LogP contribution in [0.5, 0.6) is 0 Å². The number of benzene rings is 1. The van der Waals surface area contributed by atoms with E-state index in [2.05, 4.69) is 9.59 Å². The topological polar surface area (TPSA) is 46.0 Å². The van der Waals surface area contributed by atoms with E-state index in [-0.39, 0.29) is 5.56 Å². The van der Waals surface area contributed by atoms with Gasteiger partial charge in [-0.3, -0.25) is 0 Å². The van der Waals surface area contributed by atoms with Crippen LogP contribution in [0.15, 0.2) is 24.3 Å². The molecule has 78 valence electrons. The summed E-state index contributed by atoms with van der Waals surface area (Å²) >= 11 is 1.08. The molecule has 1 heterocycles. The van der Waals surface area contributed by atoms with Gasteiger partial charge in [0.15, 0.2) is 0 Å². The minimum atomic E-state index is -0.980. The third-order valence-electron chi connectivity index (χ3n) is 2.13. The Morgan fingerprint density at radius 2 is 2.13 bits per heavy atom. The van der Waals surface area contributed by atoms with Gasteiger partial charge in [-0.2, -0.15) is 0 Å². The molecule has 0 saturated heterocycles. The van der Waals surface area contributed by atoms with Crippen molar-refractivity contribution in [1.29, 1.82) is 0 Å². The smallest absolute Gasteiger partial charge is 0.129 e. The van der Waals surface area contributed by atoms with Crippen LogP contribution in [0.1, 0.15) is 22.2 Å². The zero-order chi connectivity index (χ0) is 10.8. The molecular formula is C10H9FN2OS. The maximum Gasteiger partial charge on any atom is 0.129 e. The van der Waals surface area contributed by atoms with Gasteiger partial charge in [-0.15, -0.1) is 5.10 Å². The highest BCUT2D eigenvalue weighted by atomic mass is 32.1. The Labute approximate surface area is 90.4 Å². The maximum absolute atomic E-state index is 13.4. The molecule has 2 aromatic rings. The van der Waals surface area contributed by atoms with E-state index < -0.39 is 11.9 Å². The van der Waals surface area contributed by atoms with Gasteiger partial charge in [0.1, 0.15) is 11.9 Å². The van der Waals surface area contributed by atoms with Crippen LogP contribution in [0.25, 0.3) is 0 Å². The van der Waals surface area contributed by atoms with Gasteiger partial charge in [-0.1, -0.05) is 22.7 Å². The minimum Gasteiger partial charge on any atom is -0.383 e. The molecule has 0 bridgehead atoms. The van der Waals surface area contributed by atoms with E-state index in [0.717, 1.165) is 11.5 Å². The first-order valence-electron chi connectivity index (χ1n) is 4.41. The van der Waals surface area contributed by atoms with Gasteiger partial charge in [0.05, 0.1) is 10.6 Å². The van der Waals surface area contributed by atoms with Crippen molar-refractivity contribution in [3.05, 3.63) is 46.2 Å². The van der Waals surface area contributed by atoms with E-state index in [4.69, 9.17) is 0 Å². The van der Waals surface area contributed by atoms with Crippen LogP contribution in [0.3, 0.4) is 0 Å². The Morgan fingerprint density at radius 1 is 1.40 bits per heavy atom. The van der Waals surface area contributed by atoms with E-state index in [1.807, 2.05) is 0 Å². The van der Waals surface area contributed by atoms with Crippen LogP contribution in [-0.2, 0) is 0 Å². The highest BCUT2D eigenvalue weighted by Gasteiger charge is 2.19. The van der Waals surface area contributed by atoms with E-state index >= 15 is 0 Å². The SMILES string of the molecule is Cc1nnsc1C(O)c1ccccc1F. The van der Waals surface area contributed by atoms with Crippen molar-refractivity contribution in [2.45, 2.75) is 13.0 Å². The summed E-state index contributed by atoms with van der Waals surface area (Å²) in [7, 11) is 0. The predicted octanol–water partition coefficient (Wildman–Crippen LogP) is 2.07. The maximum atomic E-state index is 13.4. The molecule has 5 heteroatoms. The van der Waals surface area contributed by atoms with Crippen LogP contribution in [0, 0.1) is 12.7 Å². The van der Waals surface area contributed by atoms with Crippen molar-refractivity contribution in [2.75, 3.05) is 0 Å². The summed E-state index contributed by atoms with van der Waals surface area (Å²) in [6.07, 6.45) is -0.980. The molecular weight excluding hydrogens is 215 g/mol. The fraction of sp³-hybridized carbons (Fsp3) is 0.200. The standard InChI is InChI=1S/C10H9FN2OS/c1-6-10(15-13-12-6)9(14)7-4-2-3-5-8(7)11/h2-5,9,14H,1H3. The second-order valence-corrected chi connectivity index (χ2v) is 3.93. The van der Waals surface area contributed by atoms with E-state index in [1.54, 1.807) is 25.1 Å². The van der Waals surface area contributed by atoms with Gasteiger partial charge in [0, 0.05) is 5.56 Å². The van der Waals surface area contributed by atoms with Crippen molar-refractivity contribution in [3.8, 4) is 0 Å². The highest BCUT2D eigenvalue weighted by Crippen LogP contribution is 2.27. The predicted molar refractivity (Wildman–Crippen MR) is 55.1 cm³/mol. The van der Waals surface area contributed by atoms with Gasteiger partial charge in [-0.05, 0) is 24.5 Å². The number of aliphatic hydroxyl groups excluding tert-OH is 1. The van der Waals surface area contributed by atoms with Gasteiger partial charge in [0.25, 0.3) is 0 Å². The minimum absolute atomic E-state index is 0.256. The summed E-state index contributed by atoms with van der Waals surface area (Å²) < 4.78 is 17.1. The van der Waals surface area contributed by atoms with Crippen LogP contribution in [-0.4, -0.2) is 14.7 Å². The lowest BCUT2D eigenvalue weighted by Gasteiger charge is -2.09. The number of halogens is 1. The van der Waals surface area contributed by atoms with Crippen LogP contribution < -0.4 is 0 Å². The molecule has 15 heavy (non-hydrogen) atoms. The van der Waals surface area contributed by atoms with Crippen molar-refractivity contribution < 1.29 is 9.50 Å². The number of rotatable bonds is 2. The number of aromatic nitrogens is 2. The molecule has 0 spiro atoms. The van der Waals surface area contributed by atoms with Crippen molar-refractivity contribution in [3.63, 3.8) is 0 Å². The van der Waals surface area contributed by atoms with Crippen LogP contribution in [0.2, 0.25) is 0 Å². The lowest BCUT2D eigenvalue weighted by Crippen LogP contribution is -2.01. The average molecular weight is 224 g/mol. The molecule has 1 aromatic carbocycles. The fourth-order valence-electron chi connectivity index (χ4n) is 1.33. The normalized spacial score (nSPS) is 12.7. The lowest BCUT2D eigenvalue weighted by atomic mass is 10.1. The molecule has 0 aliphatic rings. The second kappa shape index (κ2) is 4.04. The zero-order valence-corrected chi connectivity index (χ0v) is 8.83. The number of hydrogen-bond acceptors (Lipinski definition) is 4. The molecule has 0 radical (unpaired) electrons. The monoisotopic (exact) mass is 224 g/mol. The number of aliphatic hydroxyl groups is 1. The second-order valence-electron chi connectivity index (χ2n) is 3.15. The van der Waals surface area contributed by atoms with Crippen molar-refractivity contribution in [2.24, 2.45) is 0 Å². The molecule has 1 atom stereocenters. The molecule has 0 amide bonds. The Kier molecular flexibility index (Phi) is 2.75. The Hall–Kier alpha value is -1.33. The van der Waals surface area contributed by atoms with Crippen molar-refractivity contribution in [1.82, 2.24) is 9.59 Å². The summed E-state index contributed by atoms with van der Waals surface area (Å²) in [4.78, 5) is 0.583. The summed E-state index contributed by atoms with van der Waals surface area (Å²) in [6, 6.07) is 6.15. The first kappa shape index (κ1) is 10.2. The quantitative estimate of drug-likeness (QED) is 0.849. The lowest BCUT2D eigenvalue weighted by molar-refractivity contribution is 0.218. The average Bonchev–Trinajstić information content (AvgIpc) is 2.64. The third-order valence-corrected chi connectivity index (χ3v) is 3.01. The molecule has 0 aliphatic carbocycles. The Bertz CT molecular complexity index is 472. The first-order chi connectivity index (χ1) is 7.20. The number of nitrogens with zero attached hydrogens (tertiary/aromatic N) is 2. The van der Waals surface area contributed by atoms with Gasteiger partial charge in [-0.25, -0.2) is 4.39 Å². The largest absolute Gasteiger partial charge is 0.383 e. The summed E-state index contributed by atoms with van der Waals surface area (Å²) in [5.74, 6) is -0.419. The molecule has 1 N–H and O–H groups in total. The van der Waals surface area contributed by atoms with E-state index in [1.165, 1.54) is 6.07 Å². The summed E-state index contributed by atoms with van der Waals surface area (Å²) in [5, 5.41) is 13.7. The molecule has 1 aromatic heterocycles. The van der Waals surface area contributed by atoms with Crippen molar-refractivity contribution >= 4 is 11.5 Å². The Morgan fingerprint density at radius 3 is 2.73 bits per heavy atom. The number of hydrogen-bond donors (Lipinski definition) is 1. The van der Waals surface area contributed by atoms with Gasteiger partial charge in [0.2, 0.25) is 0 Å². The van der Waals surface area contributed by atoms with Crippen LogP contribution in [0.4, 0.5) is 4.39 Å².